The maximum Gasteiger partial charge on any atom is 0.338 e. The van der Waals surface area contributed by atoms with Gasteiger partial charge in [0, 0.05) is 83.8 Å². The largest absolute Gasteiger partial charge is 0.381 e. The molecule has 1 amide bonds. The number of benzene rings is 3. The second kappa shape index (κ2) is 14.8. The molecule has 11 rings (SSSR count). The zero-order valence-electron chi connectivity index (χ0n) is 35.2. The molecule has 1 N–H and O–H groups in total. The average molecular weight is 888 g/mol. The van der Waals surface area contributed by atoms with Crippen molar-refractivity contribution >= 4 is 38.1 Å². The van der Waals surface area contributed by atoms with E-state index < -0.39 is 21.3 Å². The van der Waals surface area contributed by atoms with Gasteiger partial charge in [-0.15, -0.1) is 0 Å². The summed E-state index contributed by atoms with van der Waals surface area (Å²) in [5.41, 5.74) is 5.04. The molecule has 63 heavy (non-hydrogen) atoms. The summed E-state index contributed by atoms with van der Waals surface area (Å²) in [5.74, 6) is 1.38. The molecule has 4 aliphatic rings. The van der Waals surface area contributed by atoms with Crippen LogP contribution in [0.1, 0.15) is 95.2 Å². The monoisotopic (exact) mass is 887 g/mol. The highest BCUT2D eigenvalue weighted by Crippen LogP contribution is 2.51. The van der Waals surface area contributed by atoms with Crippen LogP contribution < -0.4 is 10.6 Å². The molecule has 1 aliphatic carbocycles. The lowest BCUT2D eigenvalue weighted by molar-refractivity contribution is 0.0664. The van der Waals surface area contributed by atoms with E-state index >= 15 is 9.18 Å². The third kappa shape index (κ3) is 6.40. The smallest absolute Gasteiger partial charge is 0.338 e. The van der Waals surface area contributed by atoms with Crippen molar-refractivity contribution in [2.75, 3.05) is 32.1 Å². The zero-order chi connectivity index (χ0) is 43.4. The van der Waals surface area contributed by atoms with Crippen molar-refractivity contribution in [2.24, 2.45) is 4.36 Å². The number of H-pyrrole nitrogens is 1. The van der Waals surface area contributed by atoms with Crippen LogP contribution >= 0.6 is 11.5 Å². The standard InChI is InChI=1S/C46H46FN9O5S2/c1-27-23-34(24-28(2)40(27)47)56-41(54-19-18-53(45(54)59)33-6-8-35(9-7-33)63(60)22-4-16-48-63)39-29(3)52(17-11-36(39)50-56)42(57)38-26-32-25-31(30-12-20-61-21-13-30)5-10-37(32)55(38)46(14-15-46)43-49-44(58)62-51-43/h5-10,18-19,23-26,29-30H,4,11-17,20-22H2,1-3H3,(H,49,51,58)/t29-,63?/m0/s1. The van der Waals surface area contributed by atoms with Crippen LogP contribution in [0.3, 0.4) is 0 Å². The molecule has 3 aliphatic heterocycles. The van der Waals surface area contributed by atoms with Gasteiger partial charge in [-0.1, -0.05) is 6.07 Å². The third-order valence-electron chi connectivity index (χ3n) is 13.5. The highest BCUT2D eigenvalue weighted by Gasteiger charge is 2.52. The number of fused-ring (bicyclic) bond motifs is 2. The van der Waals surface area contributed by atoms with E-state index in [-0.39, 0.29) is 22.3 Å². The number of nitrogens with one attached hydrogen (secondary N) is 1. The first-order valence-electron chi connectivity index (χ1n) is 21.6. The summed E-state index contributed by atoms with van der Waals surface area (Å²) in [6, 6.07) is 18.4. The maximum absolute atomic E-state index is 15.4. The first kappa shape index (κ1) is 39.9. The molecular weight excluding hydrogens is 842 g/mol. The Labute approximate surface area is 366 Å². The summed E-state index contributed by atoms with van der Waals surface area (Å²) in [6.07, 6.45) is 7.85. The van der Waals surface area contributed by atoms with Gasteiger partial charge in [0.05, 0.1) is 32.8 Å². The van der Waals surface area contributed by atoms with E-state index in [9.17, 15) is 13.8 Å². The van der Waals surface area contributed by atoms with Crippen molar-refractivity contribution in [3.05, 3.63) is 138 Å². The van der Waals surface area contributed by atoms with Gasteiger partial charge in [-0.05, 0) is 130 Å². The molecule has 1 saturated carbocycles. The number of aromatic amines is 1. The number of imidazole rings is 1. The lowest BCUT2D eigenvalue weighted by Crippen LogP contribution is -2.41. The van der Waals surface area contributed by atoms with Crippen molar-refractivity contribution < 1.29 is 18.1 Å². The lowest BCUT2D eigenvalue weighted by atomic mass is 9.91. The molecule has 4 aromatic heterocycles. The quantitative estimate of drug-likeness (QED) is 0.171. The lowest BCUT2D eigenvalue weighted by Gasteiger charge is -2.34. The second-order valence-electron chi connectivity index (χ2n) is 17.3. The molecule has 14 nitrogen and oxygen atoms in total. The Bertz CT molecular complexity index is 3220. The van der Waals surface area contributed by atoms with Gasteiger partial charge in [0.25, 0.3) is 5.91 Å². The number of amides is 1. The summed E-state index contributed by atoms with van der Waals surface area (Å²) in [5, 5.41) is 6.04. The summed E-state index contributed by atoms with van der Waals surface area (Å²) in [7, 11) is -2.46. The van der Waals surface area contributed by atoms with E-state index in [1.807, 2.05) is 17.9 Å². The fourth-order valence-electron chi connectivity index (χ4n) is 10.1. The molecule has 2 fully saturated rings. The fourth-order valence-corrected chi connectivity index (χ4v) is 12.6. The van der Waals surface area contributed by atoms with Gasteiger partial charge in [-0.25, -0.2) is 22.4 Å². The molecule has 7 aromatic rings. The van der Waals surface area contributed by atoms with Gasteiger partial charge >= 0.3 is 10.6 Å². The molecule has 2 atom stereocenters. The van der Waals surface area contributed by atoms with E-state index in [1.165, 1.54) is 14.7 Å². The molecule has 0 bridgehead atoms. The highest BCUT2D eigenvalue weighted by molar-refractivity contribution is 7.93. The van der Waals surface area contributed by atoms with Crippen LogP contribution in [0.15, 0.2) is 91.9 Å². The number of ether oxygens (including phenoxy) is 1. The molecule has 17 heteroatoms. The first-order chi connectivity index (χ1) is 30.4. The maximum atomic E-state index is 15.4. The van der Waals surface area contributed by atoms with Crippen LogP contribution in [0.2, 0.25) is 0 Å². The molecule has 324 valence electrons. The third-order valence-corrected chi connectivity index (χ3v) is 16.5. The van der Waals surface area contributed by atoms with Crippen molar-refractivity contribution in [3.63, 3.8) is 0 Å². The van der Waals surface area contributed by atoms with Crippen LogP contribution in [0.25, 0.3) is 28.1 Å². The summed E-state index contributed by atoms with van der Waals surface area (Å²) in [4.78, 5) is 47.7. The number of carbonyl (C=O) groups excluding carboxylic acids is 1. The molecule has 0 spiro atoms. The van der Waals surface area contributed by atoms with Crippen molar-refractivity contribution in [3.8, 4) is 17.2 Å². The number of hydrogen-bond acceptors (Lipinski definition) is 9. The number of halogens is 1. The van der Waals surface area contributed by atoms with Gasteiger partial charge < -0.3 is 14.2 Å². The minimum absolute atomic E-state index is 0.190. The summed E-state index contributed by atoms with van der Waals surface area (Å²) >= 11 is 0.883. The van der Waals surface area contributed by atoms with Gasteiger partial charge in [0.1, 0.15) is 28.7 Å². The Kier molecular flexibility index (Phi) is 9.40. The average Bonchev–Trinajstić information content (AvgIpc) is 3.80. The Morgan fingerprint density at radius 1 is 0.968 bits per heavy atom. The minimum Gasteiger partial charge on any atom is -0.381 e. The highest BCUT2D eigenvalue weighted by atomic mass is 32.2. The number of hydrogen-bond donors (Lipinski definition) is 1. The second-order valence-corrected chi connectivity index (χ2v) is 20.5. The van der Waals surface area contributed by atoms with Crippen LogP contribution in [0.4, 0.5) is 4.39 Å². The fraction of sp³-hybridized carbons (Fsp3) is 0.370. The molecule has 7 heterocycles. The van der Waals surface area contributed by atoms with E-state index in [1.54, 1.807) is 67.3 Å². The Morgan fingerprint density at radius 3 is 2.40 bits per heavy atom. The van der Waals surface area contributed by atoms with Crippen LogP contribution in [-0.2, 0) is 26.4 Å². The number of rotatable bonds is 8. The Hall–Kier alpha value is -5.91. The van der Waals surface area contributed by atoms with Crippen LogP contribution in [0, 0.1) is 19.7 Å². The molecule has 3 aromatic carbocycles. The summed E-state index contributed by atoms with van der Waals surface area (Å²) in [6.45, 7) is 7.73. The van der Waals surface area contributed by atoms with Gasteiger partial charge in [-0.3, -0.25) is 23.7 Å². The van der Waals surface area contributed by atoms with E-state index in [0.717, 1.165) is 47.4 Å². The minimum atomic E-state index is -2.46. The van der Waals surface area contributed by atoms with E-state index in [2.05, 4.69) is 36.5 Å². The predicted molar refractivity (Wildman–Crippen MR) is 238 cm³/mol. The number of carbonyl (C=O) groups is 1. The SMILES string of the molecule is Cc1cc(-n2nc3c(c2-n2ccn(-c4ccc(S5(=O)=NCCC5)cc4)c2=O)[C@H](C)N(C(=O)c2cc4cc(C5CCOCC5)ccc4n2C2(c4nsc(=O)[nH]4)CC2)CC3)cc(C)c1F. The topological polar surface area (TPSA) is 154 Å². The molecule has 1 saturated heterocycles. The van der Waals surface area contributed by atoms with Crippen molar-refractivity contribution in [2.45, 2.75) is 81.7 Å². The Morgan fingerprint density at radius 2 is 1.71 bits per heavy atom. The number of nitrogens with zero attached hydrogens (tertiary/aromatic N) is 8. The normalized spacial score (nSPS) is 20.9. The Balaban J connectivity index is 1.03. The molecule has 1 unspecified atom stereocenters. The van der Waals surface area contributed by atoms with Gasteiger partial charge in [0.15, 0.2) is 0 Å². The van der Waals surface area contributed by atoms with Crippen molar-refractivity contribution in [1.29, 1.82) is 0 Å². The van der Waals surface area contributed by atoms with Crippen LogP contribution in [0.5, 0.6) is 0 Å². The number of aryl methyl sites for hydroxylation is 2. The summed E-state index contributed by atoms with van der Waals surface area (Å²) < 4.78 is 49.9. The van der Waals surface area contributed by atoms with E-state index in [0.29, 0.717) is 108 Å². The zero-order valence-corrected chi connectivity index (χ0v) is 36.8. The van der Waals surface area contributed by atoms with Crippen molar-refractivity contribution in [1.82, 2.24) is 37.7 Å². The molecule has 0 radical (unpaired) electrons. The first-order valence-corrected chi connectivity index (χ1v) is 24.0. The number of aromatic nitrogens is 7. The van der Waals surface area contributed by atoms with Gasteiger partial charge in [0.2, 0.25) is 0 Å². The predicted octanol–water partition coefficient (Wildman–Crippen LogP) is 7.09. The van der Waals surface area contributed by atoms with Gasteiger partial charge in [-0.2, -0.15) is 9.47 Å². The van der Waals surface area contributed by atoms with E-state index in [4.69, 9.17) is 9.84 Å². The van der Waals surface area contributed by atoms with Crippen LogP contribution in [-0.4, -0.2) is 79.9 Å². The molecular formula is C46H46FN9O5S2.